The third-order valence-corrected chi connectivity index (χ3v) is 4.04. The average molecular weight is 355 g/mol. The van der Waals surface area contributed by atoms with E-state index in [1.165, 1.54) is 6.33 Å². The number of nitrogens with zero attached hydrogens (tertiary/aromatic N) is 2. The molecular weight excluding hydrogens is 340 g/mol. The van der Waals surface area contributed by atoms with Crippen molar-refractivity contribution in [2.45, 2.75) is 6.54 Å². The Labute approximate surface area is 149 Å². The summed E-state index contributed by atoms with van der Waals surface area (Å²) >= 11 is 6.16. The molecule has 126 valence electrons. The van der Waals surface area contributed by atoms with Gasteiger partial charge in [-0.2, -0.15) is 0 Å². The van der Waals surface area contributed by atoms with Crippen molar-refractivity contribution in [1.82, 2.24) is 9.97 Å². The van der Waals surface area contributed by atoms with E-state index in [0.717, 1.165) is 22.7 Å². The molecule has 3 aromatic rings. The van der Waals surface area contributed by atoms with Crippen LogP contribution in [0.1, 0.15) is 5.56 Å². The van der Waals surface area contributed by atoms with Crippen LogP contribution in [0, 0.1) is 0 Å². The van der Waals surface area contributed by atoms with Gasteiger partial charge in [-0.15, -0.1) is 0 Å². The minimum absolute atomic E-state index is 0.273. The van der Waals surface area contributed by atoms with Gasteiger partial charge in [0.1, 0.15) is 18.0 Å². The van der Waals surface area contributed by atoms with Crippen LogP contribution < -0.4 is 20.1 Å². The lowest BCUT2D eigenvalue weighted by atomic mass is 10.2. The molecule has 2 N–H and O–H groups in total. The van der Waals surface area contributed by atoms with Gasteiger partial charge >= 0.3 is 0 Å². The quantitative estimate of drug-likeness (QED) is 0.715. The van der Waals surface area contributed by atoms with Gasteiger partial charge < -0.3 is 20.1 Å². The first-order chi connectivity index (χ1) is 12.3. The number of nitrogens with one attached hydrogen (secondary N) is 2. The van der Waals surface area contributed by atoms with E-state index in [1.807, 2.05) is 48.5 Å². The van der Waals surface area contributed by atoms with E-state index in [-0.39, 0.29) is 6.79 Å². The maximum Gasteiger partial charge on any atom is 0.231 e. The fourth-order valence-corrected chi connectivity index (χ4v) is 2.65. The molecule has 0 radical (unpaired) electrons. The third kappa shape index (κ3) is 3.59. The SMILES string of the molecule is Clc1ccccc1Nc1cc(NCc2ccc3c(c2)OCO3)ncn1. The highest BCUT2D eigenvalue weighted by atomic mass is 35.5. The van der Waals surface area contributed by atoms with Gasteiger partial charge in [0, 0.05) is 12.6 Å². The number of hydrogen-bond donors (Lipinski definition) is 2. The van der Waals surface area contributed by atoms with Crippen molar-refractivity contribution in [3.8, 4) is 11.5 Å². The summed E-state index contributed by atoms with van der Waals surface area (Å²) in [7, 11) is 0. The van der Waals surface area contributed by atoms with Gasteiger partial charge in [0.25, 0.3) is 0 Å². The second-order valence-electron chi connectivity index (χ2n) is 5.43. The van der Waals surface area contributed by atoms with Gasteiger partial charge in [-0.05, 0) is 29.8 Å². The second kappa shape index (κ2) is 6.86. The summed E-state index contributed by atoms with van der Waals surface area (Å²) in [6, 6.07) is 15.2. The maximum atomic E-state index is 6.16. The number of benzene rings is 2. The summed E-state index contributed by atoms with van der Waals surface area (Å²) in [5.41, 5.74) is 1.87. The van der Waals surface area contributed by atoms with Crippen molar-refractivity contribution in [1.29, 1.82) is 0 Å². The average Bonchev–Trinajstić information content (AvgIpc) is 3.10. The highest BCUT2D eigenvalue weighted by molar-refractivity contribution is 6.33. The standard InChI is InChI=1S/C18H15ClN4O2/c19-13-3-1-2-4-14(13)23-18-8-17(21-10-22-18)20-9-12-5-6-15-16(7-12)25-11-24-15/h1-8,10H,9,11H2,(H2,20,21,22,23). The van der Waals surface area contributed by atoms with Crippen LogP contribution in [0.3, 0.4) is 0 Å². The van der Waals surface area contributed by atoms with E-state index in [0.29, 0.717) is 23.2 Å². The summed E-state index contributed by atoms with van der Waals surface area (Å²) in [5, 5.41) is 7.09. The van der Waals surface area contributed by atoms with Crippen LogP contribution in [-0.4, -0.2) is 16.8 Å². The molecule has 0 amide bonds. The van der Waals surface area contributed by atoms with Crippen LogP contribution in [0.15, 0.2) is 54.9 Å². The van der Waals surface area contributed by atoms with Crippen molar-refractivity contribution >= 4 is 28.9 Å². The van der Waals surface area contributed by atoms with Crippen molar-refractivity contribution in [3.05, 3.63) is 65.4 Å². The Morgan fingerprint density at radius 1 is 0.960 bits per heavy atom. The number of rotatable bonds is 5. The minimum atomic E-state index is 0.273. The summed E-state index contributed by atoms with van der Waals surface area (Å²) in [6.07, 6.45) is 1.50. The number of para-hydroxylation sites is 1. The Morgan fingerprint density at radius 3 is 2.72 bits per heavy atom. The van der Waals surface area contributed by atoms with Gasteiger partial charge in [-0.1, -0.05) is 29.8 Å². The summed E-state index contributed by atoms with van der Waals surface area (Å²) in [4.78, 5) is 8.46. The molecule has 1 aliphatic rings. The first kappa shape index (κ1) is 15.5. The Bertz CT molecular complexity index is 904. The Balaban J connectivity index is 1.44. The zero-order valence-corrected chi connectivity index (χ0v) is 14.0. The van der Waals surface area contributed by atoms with Gasteiger partial charge in [-0.25, -0.2) is 9.97 Å². The largest absolute Gasteiger partial charge is 0.454 e. The highest BCUT2D eigenvalue weighted by Gasteiger charge is 2.13. The lowest BCUT2D eigenvalue weighted by Gasteiger charge is -2.10. The van der Waals surface area contributed by atoms with Crippen molar-refractivity contribution < 1.29 is 9.47 Å². The minimum Gasteiger partial charge on any atom is -0.454 e. The van der Waals surface area contributed by atoms with E-state index in [4.69, 9.17) is 21.1 Å². The molecular formula is C18H15ClN4O2. The molecule has 0 unspecified atom stereocenters. The van der Waals surface area contributed by atoms with Gasteiger partial charge in [0.2, 0.25) is 6.79 Å². The van der Waals surface area contributed by atoms with Crippen LogP contribution in [0.5, 0.6) is 11.5 Å². The van der Waals surface area contributed by atoms with Gasteiger partial charge in [0.15, 0.2) is 11.5 Å². The normalized spacial score (nSPS) is 12.0. The lowest BCUT2D eigenvalue weighted by molar-refractivity contribution is 0.174. The Hall–Kier alpha value is -2.99. The molecule has 25 heavy (non-hydrogen) atoms. The molecule has 0 fully saturated rings. The van der Waals surface area contributed by atoms with Crippen LogP contribution in [0.25, 0.3) is 0 Å². The molecule has 1 aliphatic heterocycles. The zero-order valence-electron chi connectivity index (χ0n) is 13.2. The first-order valence-electron chi connectivity index (χ1n) is 7.74. The summed E-state index contributed by atoms with van der Waals surface area (Å²) in [5.74, 6) is 2.92. The molecule has 0 bridgehead atoms. The smallest absolute Gasteiger partial charge is 0.231 e. The molecule has 7 heteroatoms. The predicted molar refractivity (Wildman–Crippen MR) is 96.7 cm³/mol. The topological polar surface area (TPSA) is 68.3 Å². The summed E-state index contributed by atoms with van der Waals surface area (Å²) in [6.45, 7) is 0.883. The highest BCUT2D eigenvalue weighted by Crippen LogP contribution is 2.32. The molecule has 2 heterocycles. The number of hydrogen-bond acceptors (Lipinski definition) is 6. The number of halogens is 1. The molecule has 6 nitrogen and oxygen atoms in total. The Morgan fingerprint density at radius 2 is 1.80 bits per heavy atom. The fourth-order valence-electron chi connectivity index (χ4n) is 2.47. The molecule has 2 aromatic carbocycles. The summed E-state index contributed by atoms with van der Waals surface area (Å²) < 4.78 is 10.7. The molecule has 0 aliphatic carbocycles. The number of ether oxygens (including phenoxy) is 2. The van der Waals surface area contributed by atoms with Crippen molar-refractivity contribution in [2.24, 2.45) is 0 Å². The molecule has 0 saturated carbocycles. The van der Waals surface area contributed by atoms with E-state index < -0.39 is 0 Å². The van der Waals surface area contributed by atoms with E-state index in [2.05, 4.69) is 20.6 Å². The van der Waals surface area contributed by atoms with Crippen LogP contribution in [0.2, 0.25) is 5.02 Å². The van der Waals surface area contributed by atoms with Crippen LogP contribution in [-0.2, 0) is 6.54 Å². The second-order valence-corrected chi connectivity index (χ2v) is 5.84. The van der Waals surface area contributed by atoms with Crippen molar-refractivity contribution in [2.75, 3.05) is 17.4 Å². The molecule has 0 atom stereocenters. The van der Waals surface area contributed by atoms with Crippen molar-refractivity contribution in [3.63, 3.8) is 0 Å². The monoisotopic (exact) mass is 354 g/mol. The number of anilines is 3. The lowest BCUT2D eigenvalue weighted by Crippen LogP contribution is -2.03. The van der Waals surface area contributed by atoms with Crippen LogP contribution >= 0.6 is 11.6 Å². The fraction of sp³-hybridized carbons (Fsp3) is 0.111. The third-order valence-electron chi connectivity index (χ3n) is 3.71. The number of fused-ring (bicyclic) bond motifs is 1. The Kier molecular flexibility index (Phi) is 4.26. The predicted octanol–water partition coefficient (Wildman–Crippen LogP) is 4.21. The van der Waals surface area contributed by atoms with Gasteiger partial charge in [-0.3, -0.25) is 0 Å². The number of aromatic nitrogens is 2. The van der Waals surface area contributed by atoms with E-state index in [9.17, 15) is 0 Å². The first-order valence-corrected chi connectivity index (χ1v) is 8.12. The van der Waals surface area contributed by atoms with E-state index >= 15 is 0 Å². The molecule has 0 spiro atoms. The zero-order chi connectivity index (χ0) is 17.1. The molecule has 1 aromatic heterocycles. The maximum absolute atomic E-state index is 6.16. The van der Waals surface area contributed by atoms with Crippen LogP contribution in [0.4, 0.5) is 17.3 Å². The molecule has 4 rings (SSSR count). The van der Waals surface area contributed by atoms with E-state index in [1.54, 1.807) is 0 Å². The van der Waals surface area contributed by atoms with Gasteiger partial charge in [0.05, 0.1) is 10.7 Å². The molecule has 0 saturated heterocycles.